The average Bonchev–Trinajstić information content (AvgIpc) is 3.00. The number of fused-ring (bicyclic) bond motifs is 1. The van der Waals surface area contributed by atoms with Gasteiger partial charge < -0.3 is 14.7 Å². The third-order valence-corrected chi connectivity index (χ3v) is 5.56. The van der Waals surface area contributed by atoms with E-state index in [-0.39, 0.29) is 24.2 Å². The van der Waals surface area contributed by atoms with Gasteiger partial charge in [0.15, 0.2) is 0 Å². The topological polar surface area (TPSA) is 83.9 Å². The molecule has 6 nitrogen and oxygen atoms in total. The summed E-state index contributed by atoms with van der Waals surface area (Å²) in [7, 11) is 0. The van der Waals surface area contributed by atoms with Gasteiger partial charge in [-0.2, -0.15) is 0 Å². The minimum Gasteiger partial charge on any atom is -0.480 e. The van der Waals surface area contributed by atoms with Crippen LogP contribution in [0.15, 0.2) is 0 Å². The number of esters is 1. The standard InChI is InChI=1S/C20H33NO5/c1-19(2,3)14(10-15(22)26-20(4,5)6)17(23)21-11-12-8-7-9-13(12)16(21)18(24)25/h12-14,16H,7-11H2,1-6H3,(H,24,25)/t12-,13-,14+,16-/m0/s1. The van der Waals surface area contributed by atoms with Crippen LogP contribution in [0.2, 0.25) is 0 Å². The Bertz CT molecular complexity index is 572. The highest BCUT2D eigenvalue weighted by atomic mass is 16.6. The molecule has 0 spiro atoms. The number of nitrogens with zero attached hydrogens (tertiary/aromatic N) is 1. The molecule has 2 aliphatic rings. The number of carbonyl (C=O) groups is 3. The van der Waals surface area contributed by atoms with E-state index in [0.717, 1.165) is 19.3 Å². The number of amides is 1. The van der Waals surface area contributed by atoms with Crippen molar-refractivity contribution in [3.8, 4) is 0 Å². The summed E-state index contributed by atoms with van der Waals surface area (Å²) < 4.78 is 5.40. The van der Waals surface area contributed by atoms with E-state index in [1.165, 1.54) is 4.90 Å². The lowest BCUT2D eigenvalue weighted by atomic mass is 9.77. The molecule has 4 atom stereocenters. The molecule has 0 aromatic heterocycles. The molecule has 1 saturated carbocycles. The first kappa shape index (κ1) is 20.7. The summed E-state index contributed by atoms with van der Waals surface area (Å²) >= 11 is 0. The molecule has 1 aliphatic carbocycles. The van der Waals surface area contributed by atoms with Crippen LogP contribution in [0.4, 0.5) is 0 Å². The number of hydrogen-bond donors (Lipinski definition) is 1. The molecule has 0 bridgehead atoms. The molecule has 0 unspecified atom stereocenters. The molecular weight excluding hydrogens is 334 g/mol. The van der Waals surface area contributed by atoms with Crippen molar-refractivity contribution in [2.24, 2.45) is 23.2 Å². The first-order valence-corrected chi connectivity index (χ1v) is 9.56. The van der Waals surface area contributed by atoms with Crippen LogP contribution in [0.1, 0.15) is 67.2 Å². The number of hydrogen-bond acceptors (Lipinski definition) is 4. The zero-order chi connectivity index (χ0) is 19.9. The van der Waals surface area contributed by atoms with Gasteiger partial charge in [0, 0.05) is 6.54 Å². The molecule has 0 radical (unpaired) electrons. The van der Waals surface area contributed by atoms with Crippen LogP contribution in [-0.4, -0.2) is 46.0 Å². The van der Waals surface area contributed by atoms with Crippen molar-refractivity contribution < 1.29 is 24.2 Å². The fourth-order valence-electron chi connectivity index (χ4n) is 4.36. The maximum absolute atomic E-state index is 13.3. The second-order valence-electron chi connectivity index (χ2n) is 9.84. The van der Waals surface area contributed by atoms with E-state index in [9.17, 15) is 19.5 Å². The largest absolute Gasteiger partial charge is 0.480 e. The maximum Gasteiger partial charge on any atom is 0.326 e. The summed E-state index contributed by atoms with van der Waals surface area (Å²) in [6.45, 7) is 11.6. The molecule has 6 heteroatoms. The van der Waals surface area contributed by atoms with Crippen molar-refractivity contribution in [2.45, 2.75) is 78.9 Å². The quantitative estimate of drug-likeness (QED) is 0.772. The third-order valence-electron chi connectivity index (χ3n) is 5.56. The van der Waals surface area contributed by atoms with E-state index in [1.807, 2.05) is 20.8 Å². The zero-order valence-corrected chi connectivity index (χ0v) is 16.9. The number of likely N-dealkylation sites (tertiary alicyclic amines) is 1. The molecule has 1 N–H and O–H groups in total. The molecule has 26 heavy (non-hydrogen) atoms. The molecule has 0 aromatic rings. The van der Waals surface area contributed by atoms with Gasteiger partial charge in [0.25, 0.3) is 0 Å². The van der Waals surface area contributed by atoms with Gasteiger partial charge in [0.1, 0.15) is 11.6 Å². The van der Waals surface area contributed by atoms with E-state index in [2.05, 4.69) is 0 Å². The van der Waals surface area contributed by atoms with Crippen molar-refractivity contribution in [3.05, 3.63) is 0 Å². The van der Waals surface area contributed by atoms with Gasteiger partial charge in [0.05, 0.1) is 12.3 Å². The monoisotopic (exact) mass is 367 g/mol. The van der Waals surface area contributed by atoms with Crippen LogP contribution >= 0.6 is 0 Å². The maximum atomic E-state index is 13.3. The molecule has 1 heterocycles. The second-order valence-corrected chi connectivity index (χ2v) is 9.84. The number of carbonyl (C=O) groups excluding carboxylic acids is 2. The van der Waals surface area contributed by atoms with Crippen LogP contribution in [0.3, 0.4) is 0 Å². The van der Waals surface area contributed by atoms with Gasteiger partial charge in [-0.1, -0.05) is 27.2 Å². The molecule has 2 rings (SSSR count). The number of ether oxygens (including phenoxy) is 1. The van der Waals surface area contributed by atoms with Crippen molar-refractivity contribution in [1.82, 2.24) is 4.90 Å². The highest BCUT2D eigenvalue weighted by Crippen LogP contribution is 2.44. The van der Waals surface area contributed by atoms with Crippen LogP contribution in [0.5, 0.6) is 0 Å². The molecule has 2 fully saturated rings. The van der Waals surface area contributed by atoms with Gasteiger partial charge in [-0.05, 0) is 50.9 Å². The zero-order valence-electron chi connectivity index (χ0n) is 16.9. The van der Waals surface area contributed by atoms with Gasteiger partial charge in [-0.15, -0.1) is 0 Å². The Hall–Kier alpha value is -1.59. The number of aliphatic carboxylic acids is 1. The average molecular weight is 367 g/mol. The first-order chi connectivity index (χ1) is 11.8. The highest BCUT2D eigenvalue weighted by molar-refractivity contribution is 5.89. The van der Waals surface area contributed by atoms with E-state index < -0.39 is 34.9 Å². The number of carboxylic acids is 1. The van der Waals surface area contributed by atoms with Crippen molar-refractivity contribution in [3.63, 3.8) is 0 Å². The predicted molar refractivity (Wildman–Crippen MR) is 97.4 cm³/mol. The fraction of sp³-hybridized carbons (Fsp3) is 0.850. The fourth-order valence-corrected chi connectivity index (χ4v) is 4.36. The number of carboxylic acid groups (broad SMARTS) is 1. The van der Waals surface area contributed by atoms with Gasteiger partial charge in [-0.25, -0.2) is 4.79 Å². The summed E-state index contributed by atoms with van der Waals surface area (Å²) in [5.41, 5.74) is -1.08. The Morgan fingerprint density at radius 1 is 1.12 bits per heavy atom. The minimum atomic E-state index is -0.933. The van der Waals surface area contributed by atoms with E-state index in [1.54, 1.807) is 20.8 Å². The summed E-state index contributed by atoms with van der Waals surface area (Å²) in [6, 6.07) is -0.765. The predicted octanol–water partition coefficient (Wildman–Crippen LogP) is 3.09. The Balaban J connectivity index is 2.21. The Morgan fingerprint density at radius 2 is 1.73 bits per heavy atom. The van der Waals surface area contributed by atoms with Gasteiger partial charge >= 0.3 is 11.9 Å². The molecule has 1 aliphatic heterocycles. The molecule has 1 amide bonds. The van der Waals surface area contributed by atoms with E-state index >= 15 is 0 Å². The highest BCUT2D eigenvalue weighted by Gasteiger charge is 2.51. The Morgan fingerprint density at radius 3 is 2.23 bits per heavy atom. The van der Waals surface area contributed by atoms with E-state index in [0.29, 0.717) is 6.54 Å². The number of rotatable bonds is 4. The third kappa shape index (κ3) is 4.57. The lowest BCUT2D eigenvalue weighted by molar-refractivity contribution is -0.162. The van der Waals surface area contributed by atoms with Crippen LogP contribution in [0.25, 0.3) is 0 Å². The minimum absolute atomic E-state index is 0.0300. The van der Waals surface area contributed by atoms with Gasteiger partial charge in [-0.3, -0.25) is 9.59 Å². The van der Waals surface area contributed by atoms with Crippen LogP contribution in [0, 0.1) is 23.2 Å². The molecule has 0 aromatic carbocycles. The van der Waals surface area contributed by atoms with E-state index in [4.69, 9.17) is 4.74 Å². The lowest BCUT2D eigenvalue weighted by Gasteiger charge is -2.35. The molecular formula is C20H33NO5. The Labute approximate surface area is 156 Å². The van der Waals surface area contributed by atoms with Gasteiger partial charge in [0.2, 0.25) is 5.91 Å². The molecule has 1 saturated heterocycles. The van der Waals surface area contributed by atoms with Crippen molar-refractivity contribution in [2.75, 3.05) is 6.54 Å². The lowest BCUT2D eigenvalue weighted by Crippen LogP contribution is -2.49. The summed E-state index contributed by atoms with van der Waals surface area (Å²) in [5.74, 6) is -1.88. The first-order valence-electron chi connectivity index (χ1n) is 9.56. The second kappa shape index (κ2) is 7.20. The van der Waals surface area contributed by atoms with Crippen molar-refractivity contribution >= 4 is 17.8 Å². The smallest absolute Gasteiger partial charge is 0.326 e. The summed E-state index contributed by atoms with van der Waals surface area (Å²) in [6.07, 6.45) is 2.83. The normalized spacial score (nSPS) is 27.2. The van der Waals surface area contributed by atoms with Crippen LogP contribution < -0.4 is 0 Å². The SMILES string of the molecule is CC(C)(C)OC(=O)C[C@H](C(=O)N1C[C@@H]2CCC[C@@H]2[C@H]1C(=O)O)C(C)(C)C. The summed E-state index contributed by atoms with van der Waals surface area (Å²) in [5, 5.41) is 9.71. The molecule has 148 valence electrons. The Kier molecular flexibility index (Phi) is 5.74. The van der Waals surface area contributed by atoms with Crippen molar-refractivity contribution in [1.29, 1.82) is 0 Å². The summed E-state index contributed by atoms with van der Waals surface area (Å²) in [4.78, 5) is 39.0. The van der Waals surface area contributed by atoms with Crippen LogP contribution in [-0.2, 0) is 19.1 Å².